The number of carbonyl (C=O) groups is 1. The van der Waals surface area contributed by atoms with E-state index in [-0.39, 0.29) is 41.7 Å². The van der Waals surface area contributed by atoms with Crippen LogP contribution < -0.4 is 5.32 Å². The Bertz CT molecular complexity index is 261. The van der Waals surface area contributed by atoms with Gasteiger partial charge in [-0.3, -0.25) is 10.1 Å². The van der Waals surface area contributed by atoms with Crippen molar-refractivity contribution in [3.8, 4) is 0 Å². The largest absolute Gasteiger partial charge is 0.468 e. The predicted molar refractivity (Wildman–Crippen MR) is 75.4 cm³/mol. The molecule has 0 aliphatic carbocycles. The van der Waals surface area contributed by atoms with Crippen molar-refractivity contribution >= 4 is 42.5 Å². The first-order valence-corrected chi connectivity index (χ1v) is 6.32. The molecule has 1 atom stereocenters. The lowest BCUT2D eigenvalue weighted by atomic mass is 10.0. The molecule has 2 heterocycles. The molecular formula is C10H20Cl2N2O2S. The normalized spacial score (nSPS) is 27.1. The zero-order valence-corrected chi connectivity index (χ0v) is 12.6. The standard InChI is InChI=1S/C10H18N2O2S.2ClH/c1-12-5-3-10(4-6-12)11-8(7-15-10)9(13)14-2;;/h8,11H,3-7H2,1-2H3;2*1H. The number of thioether (sulfide) groups is 1. The number of esters is 1. The van der Waals surface area contributed by atoms with Gasteiger partial charge in [0.2, 0.25) is 0 Å². The number of rotatable bonds is 1. The van der Waals surface area contributed by atoms with E-state index in [1.165, 1.54) is 7.11 Å². The zero-order chi connectivity index (χ0) is 10.9. The van der Waals surface area contributed by atoms with Gasteiger partial charge < -0.3 is 9.64 Å². The summed E-state index contributed by atoms with van der Waals surface area (Å²) in [5.41, 5.74) is 0. The topological polar surface area (TPSA) is 41.6 Å². The quantitative estimate of drug-likeness (QED) is 0.736. The molecule has 2 aliphatic heterocycles. The first-order valence-electron chi connectivity index (χ1n) is 5.33. The van der Waals surface area contributed by atoms with Gasteiger partial charge in [0.05, 0.1) is 12.0 Å². The molecule has 17 heavy (non-hydrogen) atoms. The van der Waals surface area contributed by atoms with Crippen LogP contribution in [0.4, 0.5) is 0 Å². The highest BCUT2D eigenvalue weighted by Gasteiger charge is 2.43. The van der Waals surface area contributed by atoms with Crippen molar-refractivity contribution in [2.75, 3.05) is 33.0 Å². The summed E-state index contributed by atoms with van der Waals surface area (Å²) in [7, 11) is 3.60. The molecule has 0 saturated carbocycles. The van der Waals surface area contributed by atoms with Crippen LogP contribution in [0.5, 0.6) is 0 Å². The van der Waals surface area contributed by atoms with Crippen molar-refractivity contribution in [2.45, 2.75) is 23.8 Å². The van der Waals surface area contributed by atoms with E-state index in [4.69, 9.17) is 4.74 Å². The molecule has 102 valence electrons. The second-order valence-electron chi connectivity index (χ2n) is 4.33. The van der Waals surface area contributed by atoms with Crippen LogP contribution in [0, 0.1) is 0 Å². The molecule has 0 bridgehead atoms. The number of piperidine rings is 1. The van der Waals surface area contributed by atoms with Gasteiger partial charge in [0.25, 0.3) is 0 Å². The number of hydrogen-bond acceptors (Lipinski definition) is 5. The Morgan fingerprint density at radius 3 is 2.53 bits per heavy atom. The third kappa shape index (κ3) is 3.89. The summed E-state index contributed by atoms with van der Waals surface area (Å²) in [5.74, 6) is 0.717. The van der Waals surface area contributed by atoms with Gasteiger partial charge >= 0.3 is 5.97 Å². The van der Waals surface area contributed by atoms with Crippen LogP contribution in [-0.4, -0.2) is 54.8 Å². The molecule has 4 nitrogen and oxygen atoms in total. The fourth-order valence-electron chi connectivity index (χ4n) is 2.18. The minimum Gasteiger partial charge on any atom is -0.468 e. The van der Waals surface area contributed by atoms with Crippen molar-refractivity contribution in [1.29, 1.82) is 0 Å². The smallest absolute Gasteiger partial charge is 0.323 e. The van der Waals surface area contributed by atoms with E-state index < -0.39 is 0 Å². The molecule has 2 saturated heterocycles. The summed E-state index contributed by atoms with van der Waals surface area (Å²) in [6, 6.07) is -0.108. The van der Waals surface area contributed by atoms with Crippen molar-refractivity contribution in [3.63, 3.8) is 0 Å². The molecule has 2 fully saturated rings. The molecule has 0 aromatic heterocycles. The molecule has 0 radical (unpaired) electrons. The van der Waals surface area contributed by atoms with Gasteiger partial charge in [0.1, 0.15) is 6.04 Å². The molecule has 1 N–H and O–H groups in total. The molecular weight excluding hydrogens is 283 g/mol. The highest BCUT2D eigenvalue weighted by atomic mass is 35.5. The average molecular weight is 303 g/mol. The number of halogens is 2. The Morgan fingerprint density at radius 2 is 2.00 bits per heavy atom. The highest BCUT2D eigenvalue weighted by molar-refractivity contribution is 8.01. The van der Waals surface area contributed by atoms with Crippen LogP contribution in [0.15, 0.2) is 0 Å². The lowest BCUT2D eigenvalue weighted by molar-refractivity contribution is -0.142. The molecule has 0 aromatic rings. The Hall–Kier alpha value is 0.320. The lowest BCUT2D eigenvalue weighted by Gasteiger charge is -2.37. The fourth-order valence-corrected chi connectivity index (χ4v) is 3.58. The van der Waals surface area contributed by atoms with Crippen LogP contribution in [0.3, 0.4) is 0 Å². The van der Waals surface area contributed by atoms with E-state index in [0.717, 1.165) is 31.7 Å². The summed E-state index contributed by atoms with van der Waals surface area (Å²) < 4.78 is 4.76. The fraction of sp³-hybridized carbons (Fsp3) is 0.900. The number of nitrogens with one attached hydrogen (secondary N) is 1. The van der Waals surface area contributed by atoms with Crippen molar-refractivity contribution in [3.05, 3.63) is 0 Å². The second-order valence-corrected chi connectivity index (χ2v) is 5.73. The maximum atomic E-state index is 11.4. The van der Waals surface area contributed by atoms with Gasteiger partial charge in [-0.1, -0.05) is 0 Å². The second kappa shape index (κ2) is 7.04. The van der Waals surface area contributed by atoms with E-state index in [1.54, 1.807) is 0 Å². The van der Waals surface area contributed by atoms with Crippen LogP contribution in [0.2, 0.25) is 0 Å². The summed E-state index contributed by atoms with van der Waals surface area (Å²) in [5, 5.41) is 3.44. The third-order valence-electron chi connectivity index (χ3n) is 3.24. The number of methoxy groups -OCH3 is 1. The number of likely N-dealkylation sites (tertiary alicyclic amines) is 1. The maximum Gasteiger partial charge on any atom is 0.323 e. The Balaban J connectivity index is 0.00000128. The van der Waals surface area contributed by atoms with Crippen molar-refractivity contribution in [2.24, 2.45) is 0 Å². The van der Waals surface area contributed by atoms with Crippen molar-refractivity contribution in [1.82, 2.24) is 10.2 Å². The average Bonchev–Trinajstić information content (AvgIpc) is 2.66. The van der Waals surface area contributed by atoms with Gasteiger partial charge in [0, 0.05) is 18.8 Å². The van der Waals surface area contributed by atoms with Gasteiger partial charge in [0.15, 0.2) is 0 Å². The minimum absolute atomic E-state index is 0. The Morgan fingerprint density at radius 1 is 1.41 bits per heavy atom. The first kappa shape index (κ1) is 17.3. The lowest BCUT2D eigenvalue weighted by Crippen LogP contribution is -2.51. The summed E-state index contributed by atoms with van der Waals surface area (Å²) in [6.07, 6.45) is 2.23. The van der Waals surface area contributed by atoms with Gasteiger partial charge in [-0.05, 0) is 19.9 Å². The summed E-state index contributed by atoms with van der Waals surface area (Å²) in [4.78, 5) is 13.9. The van der Waals surface area contributed by atoms with Crippen molar-refractivity contribution < 1.29 is 9.53 Å². The van der Waals surface area contributed by atoms with Gasteiger partial charge in [-0.2, -0.15) is 0 Å². The summed E-state index contributed by atoms with van der Waals surface area (Å²) in [6.45, 7) is 2.21. The predicted octanol–water partition coefficient (Wildman–Crippen LogP) is 1.13. The van der Waals surface area contributed by atoms with Crippen LogP contribution >= 0.6 is 36.6 Å². The number of carbonyl (C=O) groups excluding carboxylic acids is 1. The summed E-state index contributed by atoms with van der Waals surface area (Å²) >= 11 is 1.88. The monoisotopic (exact) mass is 302 g/mol. The van der Waals surface area contributed by atoms with E-state index in [9.17, 15) is 4.79 Å². The van der Waals surface area contributed by atoms with Crippen LogP contribution in [-0.2, 0) is 9.53 Å². The van der Waals surface area contributed by atoms with E-state index >= 15 is 0 Å². The molecule has 7 heteroatoms. The third-order valence-corrected chi connectivity index (χ3v) is 4.82. The van der Waals surface area contributed by atoms with Gasteiger partial charge in [-0.25, -0.2) is 0 Å². The van der Waals surface area contributed by atoms with Gasteiger partial charge in [-0.15, -0.1) is 36.6 Å². The molecule has 0 amide bonds. The van der Waals surface area contributed by atoms with E-state index in [2.05, 4.69) is 17.3 Å². The Labute approximate surface area is 119 Å². The highest BCUT2D eigenvalue weighted by Crippen LogP contribution is 2.38. The molecule has 0 aromatic carbocycles. The van der Waals surface area contributed by atoms with E-state index in [0.29, 0.717) is 0 Å². The number of hydrogen-bond donors (Lipinski definition) is 1. The molecule has 2 aliphatic rings. The van der Waals surface area contributed by atoms with E-state index in [1.807, 2.05) is 11.8 Å². The van der Waals surface area contributed by atoms with Crippen LogP contribution in [0.25, 0.3) is 0 Å². The SMILES string of the molecule is COC(=O)C1CSC2(CCN(C)CC2)N1.Cl.Cl. The molecule has 1 unspecified atom stereocenters. The maximum absolute atomic E-state index is 11.4. The number of nitrogens with zero attached hydrogens (tertiary/aromatic N) is 1. The first-order chi connectivity index (χ1) is 7.15. The van der Waals surface area contributed by atoms with Crippen LogP contribution in [0.1, 0.15) is 12.8 Å². The molecule has 1 spiro atoms. The Kier molecular flexibility index (Phi) is 7.18. The molecule has 2 rings (SSSR count). The zero-order valence-electron chi connectivity index (χ0n) is 10.1. The minimum atomic E-state index is -0.127. The number of ether oxygens (including phenoxy) is 1.